The lowest BCUT2D eigenvalue weighted by Crippen LogP contribution is -2.46. The molecule has 1 unspecified atom stereocenters. The molecule has 168 valence electrons. The Bertz CT molecular complexity index is 1190. The Hall–Kier alpha value is -2.15. The van der Waals surface area contributed by atoms with Gasteiger partial charge in [-0.05, 0) is 45.9 Å². The standard InChI is InChI=1S/C19H21F3N4O3S2/c1-12-5-7-13(8-6-12)31(28,29)26-10-9-14-17(26)23-11-15(24-14)16(19(20,21)22)25-30(27)18(2,3)4/h5-11,16,25H,1-4H3/t16-,30?/m0/s1. The predicted octanol–water partition coefficient (Wildman–Crippen LogP) is 3.63. The Morgan fingerprint density at radius 1 is 1.13 bits per heavy atom. The second-order valence-electron chi connectivity index (χ2n) is 7.91. The van der Waals surface area contributed by atoms with Crippen LogP contribution in [0, 0.1) is 6.92 Å². The van der Waals surface area contributed by atoms with Crippen LogP contribution in [0.3, 0.4) is 0 Å². The number of nitrogens with one attached hydrogen (secondary N) is 1. The van der Waals surface area contributed by atoms with E-state index in [1.807, 2.05) is 6.92 Å². The van der Waals surface area contributed by atoms with Crippen LogP contribution in [0.2, 0.25) is 0 Å². The maximum Gasteiger partial charge on any atom is 0.413 e. The summed E-state index contributed by atoms with van der Waals surface area (Å²) in [6, 6.07) is 5.08. The molecule has 0 amide bonds. The molecule has 1 N–H and O–H groups in total. The lowest BCUT2D eigenvalue weighted by Gasteiger charge is -2.28. The maximum absolute atomic E-state index is 13.6. The van der Waals surface area contributed by atoms with Crippen molar-refractivity contribution in [2.75, 3.05) is 0 Å². The number of alkyl halides is 3. The van der Waals surface area contributed by atoms with Gasteiger partial charge in [0.25, 0.3) is 10.0 Å². The molecule has 0 spiro atoms. The van der Waals surface area contributed by atoms with Crippen molar-refractivity contribution < 1.29 is 26.1 Å². The number of halogens is 3. The van der Waals surface area contributed by atoms with Crippen LogP contribution in [0.15, 0.2) is 47.6 Å². The zero-order valence-electron chi connectivity index (χ0n) is 17.1. The average molecular weight is 475 g/mol. The Morgan fingerprint density at radius 3 is 2.29 bits per heavy atom. The molecular weight excluding hydrogens is 453 g/mol. The second-order valence-corrected chi connectivity index (χ2v) is 11.7. The zero-order valence-corrected chi connectivity index (χ0v) is 18.8. The summed E-state index contributed by atoms with van der Waals surface area (Å²) in [5.74, 6) is 0. The van der Waals surface area contributed by atoms with Crippen LogP contribution in [-0.2, 0) is 21.4 Å². The van der Waals surface area contributed by atoms with Crippen LogP contribution in [0.4, 0.5) is 13.2 Å². The van der Waals surface area contributed by atoms with Crippen LogP contribution >= 0.6 is 0 Å². The predicted molar refractivity (Wildman–Crippen MR) is 111 cm³/mol. The van der Waals surface area contributed by atoms with Crippen LogP contribution in [-0.4, -0.2) is 37.8 Å². The van der Waals surface area contributed by atoms with E-state index in [9.17, 15) is 26.1 Å². The van der Waals surface area contributed by atoms with Crippen molar-refractivity contribution in [2.24, 2.45) is 0 Å². The Balaban J connectivity index is 2.03. The van der Waals surface area contributed by atoms with E-state index in [4.69, 9.17) is 0 Å². The van der Waals surface area contributed by atoms with Crippen LogP contribution in [0.1, 0.15) is 38.1 Å². The highest BCUT2D eigenvalue weighted by molar-refractivity contribution is 7.90. The van der Waals surface area contributed by atoms with Crippen molar-refractivity contribution in [3.63, 3.8) is 0 Å². The first-order chi connectivity index (χ1) is 14.2. The molecule has 0 aliphatic rings. The molecule has 0 saturated carbocycles. The number of benzene rings is 1. The van der Waals surface area contributed by atoms with Crippen molar-refractivity contribution in [1.82, 2.24) is 18.7 Å². The molecule has 0 fully saturated rings. The van der Waals surface area contributed by atoms with Crippen molar-refractivity contribution in [2.45, 2.75) is 49.6 Å². The monoisotopic (exact) mass is 474 g/mol. The number of fused-ring (bicyclic) bond motifs is 1. The van der Waals surface area contributed by atoms with Crippen molar-refractivity contribution >= 4 is 32.5 Å². The van der Waals surface area contributed by atoms with Gasteiger partial charge in [0.05, 0.1) is 16.8 Å². The molecule has 1 aromatic carbocycles. The van der Waals surface area contributed by atoms with Gasteiger partial charge >= 0.3 is 6.18 Å². The molecule has 0 saturated heterocycles. The lowest BCUT2D eigenvalue weighted by molar-refractivity contribution is -0.153. The molecule has 2 atom stereocenters. The Morgan fingerprint density at radius 2 is 1.74 bits per heavy atom. The SMILES string of the molecule is Cc1ccc(S(=O)(=O)n2ccc3nc([C@H](N[S+]([O-])C(C)(C)C)C(F)(F)F)cnc32)cc1. The maximum atomic E-state index is 13.6. The first-order valence-electron chi connectivity index (χ1n) is 9.12. The molecule has 0 radical (unpaired) electrons. The van der Waals surface area contributed by atoms with Gasteiger partial charge in [-0.25, -0.2) is 22.4 Å². The summed E-state index contributed by atoms with van der Waals surface area (Å²) in [5, 5.41) is 0. The van der Waals surface area contributed by atoms with Gasteiger partial charge in [-0.15, -0.1) is 4.72 Å². The molecular formula is C19H21F3N4O3S2. The smallest absolute Gasteiger partial charge is 0.413 e. The first kappa shape index (κ1) is 23.5. The van der Waals surface area contributed by atoms with E-state index in [0.29, 0.717) is 0 Å². The van der Waals surface area contributed by atoms with E-state index < -0.39 is 44.0 Å². The Kier molecular flexibility index (Phi) is 6.13. The molecule has 7 nitrogen and oxygen atoms in total. The summed E-state index contributed by atoms with van der Waals surface area (Å²) in [4.78, 5) is 7.90. The van der Waals surface area contributed by atoms with Gasteiger partial charge in [-0.3, -0.25) is 0 Å². The van der Waals surface area contributed by atoms with Crippen molar-refractivity contribution in [3.8, 4) is 0 Å². The quantitative estimate of drug-likeness (QED) is 0.567. The normalized spacial score (nSPS) is 15.2. The summed E-state index contributed by atoms with van der Waals surface area (Å²) in [6.07, 6.45) is -2.76. The molecule has 3 aromatic rings. The third-order valence-corrected chi connectivity index (χ3v) is 7.60. The van der Waals surface area contributed by atoms with Crippen molar-refractivity contribution in [3.05, 3.63) is 54.0 Å². The number of rotatable bonds is 5. The summed E-state index contributed by atoms with van der Waals surface area (Å²) in [5.41, 5.74) is 0.218. The fraction of sp³-hybridized carbons (Fsp3) is 0.368. The molecule has 0 aliphatic heterocycles. The highest BCUT2D eigenvalue weighted by Gasteiger charge is 2.47. The van der Waals surface area contributed by atoms with E-state index in [1.54, 1.807) is 12.1 Å². The molecule has 2 heterocycles. The number of hydrogen-bond donors (Lipinski definition) is 1. The van der Waals surface area contributed by atoms with Gasteiger partial charge in [-0.2, -0.15) is 13.2 Å². The number of hydrogen-bond acceptors (Lipinski definition) is 6. The minimum Gasteiger partial charge on any atom is -0.598 e. The van der Waals surface area contributed by atoms with E-state index in [1.165, 1.54) is 45.2 Å². The lowest BCUT2D eigenvalue weighted by atomic mass is 10.2. The second kappa shape index (κ2) is 8.08. The van der Waals surface area contributed by atoms with Gasteiger partial charge in [-0.1, -0.05) is 17.7 Å². The fourth-order valence-electron chi connectivity index (χ4n) is 2.64. The minimum atomic E-state index is -4.79. The fourth-order valence-corrected chi connectivity index (χ4v) is 4.76. The highest BCUT2D eigenvalue weighted by atomic mass is 32.2. The largest absolute Gasteiger partial charge is 0.598 e. The highest BCUT2D eigenvalue weighted by Crippen LogP contribution is 2.34. The van der Waals surface area contributed by atoms with E-state index >= 15 is 0 Å². The van der Waals surface area contributed by atoms with Gasteiger partial charge in [0.2, 0.25) is 0 Å². The molecule has 3 rings (SSSR count). The van der Waals surface area contributed by atoms with Crippen LogP contribution in [0.25, 0.3) is 11.2 Å². The third-order valence-electron chi connectivity index (χ3n) is 4.36. The molecule has 31 heavy (non-hydrogen) atoms. The van der Waals surface area contributed by atoms with E-state index in [-0.39, 0.29) is 16.1 Å². The number of aryl methyl sites for hydroxylation is 1. The Labute approximate surface area is 181 Å². The van der Waals surface area contributed by atoms with Gasteiger partial charge in [0, 0.05) is 17.6 Å². The molecule has 0 bridgehead atoms. The number of aromatic nitrogens is 3. The number of nitrogens with zero attached hydrogens (tertiary/aromatic N) is 3. The van der Waals surface area contributed by atoms with E-state index in [2.05, 4.69) is 14.7 Å². The zero-order chi connectivity index (χ0) is 23.2. The van der Waals surface area contributed by atoms with Gasteiger partial charge in [0.15, 0.2) is 11.7 Å². The topological polar surface area (TPSA) is 99.9 Å². The average Bonchev–Trinajstić information content (AvgIpc) is 3.08. The first-order valence-corrected chi connectivity index (χ1v) is 11.7. The summed E-state index contributed by atoms with van der Waals surface area (Å²) >= 11 is -2.02. The summed E-state index contributed by atoms with van der Waals surface area (Å²) in [6.45, 7) is 6.42. The van der Waals surface area contributed by atoms with Crippen LogP contribution in [0.5, 0.6) is 0 Å². The van der Waals surface area contributed by atoms with Gasteiger partial charge in [0.1, 0.15) is 10.3 Å². The van der Waals surface area contributed by atoms with Crippen molar-refractivity contribution in [1.29, 1.82) is 0 Å². The van der Waals surface area contributed by atoms with E-state index in [0.717, 1.165) is 15.7 Å². The third kappa shape index (κ3) is 4.86. The van der Waals surface area contributed by atoms with Gasteiger partial charge < -0.3 is 4.55 Å². The molecule has 12 heteroatoms. The molecule has 2 aromatic heterocycles. The molecule has 0 aliphatic carbocycles. The summed E-state index contributed by atoms with van der Waals surface area (Å²) < 4.78 is 81.0. The van der Waals surface area contributed by atoms with Crippen LogP contribution < -0.4 is 4.72 Å². The summed E-state index contributed by atoms with van der Waals surface area (Å²) in [7, 11) is -4.01. The minimum absolute atomic E-state index is 0.0110.